The van der Waals surface area contributed by atoms with Crippen molar-refractivity contribution in [2.45, 2.75) is 33.7 Å². The first-order valence-electron chi connectivity index (χ1n) is 13.4. The molecular formula is C30H33N3O8S2. The molecule has 2 atom stereocenters. The van der Waals surface area contributed by atoms with E-state index in [-0.39, 0.29) is 17.2 Å². The number of furan rings is 1. The summed E-state index contributed by atoms with van der Waals surface area (Å²) in [5.41, 5.74) is 3.68. The third-order valence-corrected chi connectivity index (χ3v) is 9.70. The molecule has 43 heavy (non-hydrogen) atoms. The minimum Gasteiger partial charge on any atom is -0.480 e. The monoisotopic (exact) mass is 627 g/mol. The van der Waals surface area contributed by atoms with Gasteiger partial charge in [-0.1, -0.05) is 44.2 Å². The van der Waals surface area contributed by atoms with Gasteiger partial charge in [0.25, 0.3) is 17.2 Å². The molecule has 0 spiro atoms. The van der Waals surface area contributed by atoms with E-state index in [1.54, 1.807) is 94.4 Å². The Morgan fingerprint density at radius 3 is 2.09 bits per heavy atom. The number of aryl methyl sites for hydroxylation is 1. The molecule has 0 radical (unpaired) electrons. The molecule has 1 heterocycles. The molecule has 0 saturated carbocycles. The summed E-state index contributed by atoms with van der Waals surface area (Å²) in [5.74, 6) is -2.12. The summed E-state index contributed by atoms with van der Waals surface area (Å²) in [5, 5.41) is 12.9. The topological polar surface area (TPSA) is 157 Å². The molecule has 3 aromatic carbocycles. The van der Waals surface area contributed by atoms with Crippen LogP contribution in [0.1, 0.15) is 36.9 Å². The van der Waals surface area contributed by atoms with Crippen LogP contribution in [0, 0.1) is 12.8 Å². The van der Waals surface area contributed by atoms with Gasteiger partial charge in [-0.2, -0.15) is 0 Å². The van der Waals surface area contributed by atoms with E-state index in [0.717, 1.165) is 15.4 Å². The number of carboxylic acid groups (broad SMARTS) is 1. The van der Waals surface area contributed by atoms with E-state index in [2.05, 4.69) is 5.32 Å². The van der Waals surface area contributed by atoms with Gasteiger partial charge >= 0.3 is 5.97 Å². The zero-order valence-corrected chi connectivity index (χ0v) is 25.9. The van der Waals surface area contributed by atoms with Crippen LogP contribution in [0.25, 0.3) is 22.1 Å². The van der Waals surface area contributed by atoms with Crippen LogP contribution in [0.5, 0.6) is 0 Å². The lowest BCUT2D eigenvalue weighted by Gasteiger charge is -2.29. The number of carboxylic acids is 1. The lowest BCUT2D eigenvalue weighted by Crippen LogP contribution is -2.45. The first kappa shape index (κ1) is 31.7. The van der Waals surface area contributed by atoms with Gasteiger partial charge in [-0.05, 0) is 67.3 Å². The van der Waals surface area contributed by atoms with E-state index >= 15 is 0 Å². The number of fused-ring (bicyclic) bond motifs is 1. The fraction of sp³-hybridized carbons (Fsp3) is 0.267. The Hall–Kier alpha value is -4.20. The fourth-order valence-corrected chi connectivity index (χ4v) is 6.51. The number of rotatable bonds is 11. The van der Waals surface area contributed by atoms with Crippen molar-refractivity contribution in [3.05, 3.63) is 78.1 Å². The summed E-state index contributed by atoms with van der Waals surface area (Å²) >= 11 is -2.54. The normalized spacial score (nSPS) is 13.1. The Balaban J connectivity index is 1.55. The maximum atomic E-state index is 13.2. The highest BCUT2D eigenvalue weighted by Gasteiger charge is 2.33. The Bertz CT molecular complexity index is 1780. The van der Waals surface area contributed by atoms with Crippen molar-refractivity contribution in [2.24, 2.45) is 5.92 Å². The summed E-state index contributed by atoms with van der Waals surface area (Å²) in [4.78, 5) is 24.9. The molecule has 4 rings (SSSR count). The molecule has 0 fully saturated rings. The molecule has 13 heteroatoms. The number of hydrogen-bond donors (Lipinski definition) is 3. The van der Waals surface area contributed by atoms with Crippen LogP contribution in [0.3, 0.4) is 0 Å². The van der Waals surface area contributed by atoms with Gasteiger partial charge in [0.15, 0.2) is 5.76 Å². The van der Waals surface area contributed by atoms with Gasteiger partial charge in [0.1, 0.15) is 11.6 Å². The first-order valence-corrected chi connectivity index (χ1v) is 16.1. The maximum Gasteiger partial charge on any atom is 0.327 e. The van der Waals surface area contributed by atoms with Gasteiger partial charge in [0.2, 0.25) is 10.0 Å². The number of hydrogen-bond acceptors (Lipinski definition) is 6. The van der Waals surface area contributed by atoms with Crippen molar-refractivity contribution in [3.8, 4) is 11.1 Å². The second-order valence-corrected chi connectivity index (χ2v) is 13.4. The number of nitrogens with zero attached hydrogens (tertiary/aromatic N) is 2. The highest BCUT2D eigenvalue weighted by atomic mass is 32.2. The Morgan fingerprint density at radius 2 is 1.58 bits per heavy atom. The number of anilines is 3. The van der Waals surface area contributed by atoms with Gasteiger partial charge in [-0.25, -0.2) is 17.4 Å². The van der Waals surface area contributed by atoms with E-state index in [1.807, 2.05) is 0 Å². The molecule has 2 unspecified atom stereocenters. The van der Waals surface area contributed by atoms with Crippen molar-refractivity contribution >= 4 is 61.2 Å². The summed E-state index contributed by atoms with van der Waals surface area (Å²) in [6.45, 7) is 6.60. The van der Waals surface area contributed by atoms with E-state index < -0.39 is 45.1 Å². The second kappa shape index (κ2) is 12.6. The average molecular weight is 628 g/mol. The van der Waals surface area contributed by atoms with Crippen LogP contribution >= 0.6 is 0 Å². The van der Waals surface area contributed by atoms with Gasteiger partial charge in [-0.15, -0.1) is 0 Å². The number of carbonyl (C=O) groups excluding carboxylic acids is 1. The molecule has 11 nitrogen and oxygen atoms in total. The van der Waals surface area contributed by atoms with Crippen LogP contribution < -0.4 is 13.9 Å². The SMILES string of the molecule is CCS(=O)(=O)N(C)c1cccc2oc(C(=O)Nc3ccc(-c4ccc(N(C(C(=O)O)C(C)C)S(=O)O)cc4)cc3)c(C)c12. The fourth-order valence-electron chi connectivity index (χ4n) is 4.84. The molecule has 0 aliphatic carbocycles. The number of nitrogens with one attached hydrogen (secondary N) is 1. The van der Waals surface area contributed by atoms with Crippen LogP contribution in [-0.4, -0.2) is 53.0 Å². The lowest BCUT2D eigenvalue weighted by molar-refractivity contribution is -0.139. The van der Waals surface area contributed by atoms with E-state index in [0.29, 0.717) is 27.9 Å². The quantitative estimate of drug-likeness (QED) is 0.184. The largest absolute Gasteiger partial charge is 0.480 e. The van der Waals surface area contributed by atoms with Crippen molar-refractivity contribution in [2.75, 3.05) is 26.7 Å². The zero-order valence-electron chi connectivity index (χ0n) is 24.3. The highest BCUT2D eigenvalue weighted by Crippen LogP contribution is 2.35. The smallest absolute Gasteiger partial charge is 0.327 e. The summed E-state index contributed by atoms with van der Waals surface area (Å²) in [6.07, 6.45) is 0. The van der Waals surface area contributed by atoms with Crippen molar-refractivity contribution in [3.63, 3.8) is 0 Å². The highest BCUT2D eigenvalue weighted by molar-refractivity contribution is 7.92. The predicted molar refractivity (Wildman–Crippen MR) is 168 cm³/mol. The summed E-state index contributed by atoms with van der Waals surface area (Å²) in [7, 11) is -2.06. The molecule has 0 aliphatic rings. The van der Waals surface area contributed by atoms with E-state index in [4.69, 9.17) is 4.42 Å². The molecule has 0 bridgehead atoms. The van der Waals surface area contributed by atoms with Crippen LogP contribution in [0.15, 0.2) is 71.1 Å². The standard InChI is InChI=1S/C30H33N3O8S2/c1-6-43(39,40)32(5)24-8-7-9-25-26(24)19(4)28(41-25)29(34)31-22-14-10-20(11-15-22)21-12-16-23(17-13-21)33(42(37)38)27(18(2)3)30(35)36/h7-18,27H,6H2,1-5H3,(H,31,34)(H,35,36)(H,37,38). The molecule has 1 aromatic heterocycles. The van der Waals surface area contributed by atoms with Gasteiger partial charge < -0.3 is 14.8 Å². The van der Waals surface area contributed by atoms with Crippen LogP contribution in [0.4, 0.5) is 17.1 Å². The third-order valence-electron chi connectivity index (χ3n) is 7.16. The number of amides is 1. The van der Waals surface area contributed by atoms with Gasteiger partial charge in [-0.3, -0.25) is 18.0 Å². The molecule has 228 valence electrons. The molecule has 0 saturated heterocycles. The number of sulfonamides is 1. The third kappa shape index (κ3) is 6.43. The van der Waals surface area contributed by atoms with Crippen LogP contribution in [-0.2, 0) is 26.1 Å². The molecular weight excluding hydrogens is 594 g/mol. The van der Waals surface area contributed by atoms with Crippen molar-refractivity contribution in [1.82, 2.24) is 0 Å². The zero-order chi connectivity index (χ0) is 31.6. The van der Waals surface area contributed by atoms with Crippen molar-refractivity contribution < 1.29 is 36.3 Å². The number of benzene rings is 3. The minimum absolute atomic E-state index is 0.0660. The van der Waals surface area contributed by atoms with Gasteiger partial charge in [0.05, 0.1) is 17.1 Å². The lowest BCUT2D eigenvalue weighted by atomic mass is 10.0. The Morgan fingerprint density at radius 1 is 1.00 bits per heavy atom. The van der Waals surface area contributed by atoms with E-state index in [1.165, 1.54) is 11.4 Å². The predicted octanol–water partition coefficient (Wildman–Crippen LogP) is 5.50. The molecule has 3 N–H and O–H groups in total. The molecule has 0 aliphatic heterocycles. The first-order chi connectivity index (χ1) is 20.3. The minimum atomic E-state index is -3.53. The Labute approximate surface area is 252 Å². The number of carbonyl (C=O) groups is 2. The van der Waals surface area contributed by atoms with Crippen LogP contribution in [0.2, 0.25) is 0 Å². The summed E-state index contributed by atoms with van der Waals surface area (Å²) < 4.78 is 54.8. The second-order valence-electron chi connectivity index (χ2n) is 10.2. The maximum absolute atomic E-state index is 13.2. The molecule has 4 aromatic rings. The van der Waals surface area contributed by atoms with E-state index in [9.17, 15) is 31.9 Å². The van der Waals surface area contributed by atoms with Gasteiger partial charge in [0, 0.05) is 23.7 Å². The number of aliphatic carboxylic acids is 1. The average Bonchev–Trinajstić information content (AvgIpc) is 3.32. The summed E-state index contributed by atoms with van der Waals surface area (Å²) in [6, 6.07) is 17.4. The van der Waals surface area contributed by atoms with Crippen molar-refractivity contribution in [1.29, 1.82) is 0 Å². The molecule has 1 amide bonds. The Kier molecular flexibility index (Phi) is 9.28.